The summed E-state index contributed by atoms with van der Waals surface area (Å²) in [5.74, 6) is 0.0193. The summed E-state index contributed by atoms with van der Waals surface area (Å²) in [6.07, 6.45) is 4.59. The lowest BCUT2D eigenvalue weighted by Crippen LogP contribution is -2.43. The first-order valence-corrected chi connectivity index (χ1v) is 6.09. The second-order valence-corrected chi connectivity index (χ2v) is 4.34. The van der Waals surface area contributed by atoms with E-state index in [0.717, 1.165) is 25.1 Å². The highest BCUT2D eigenvalue weighted by Gasteiger charge is 2.26. The van der Waals surface area contributed by atoms with Crippen molar-refractivity contribution in [1.82, 2.24) is 15.2 Å². The Morgan fingerprint density at radius 2 is 2.28 bits per heavy atom. The Balaban J connectivity index is 2.06. The van der Waals surface area contributed by atoms with Gasteiger partial charge in [-0.2, -0.15) is 5.26 Å². The minimum absolute atomic E-state index is 0.0193. The minimum atomic E-state index is -0.362. The van der Waals surface area contributed by atoms with Crippen LogP contribution in [0.25, 0.3) is 0 Å². The third-order valence-corrected chi connectivity index (χ3v) is 3.02. The third kappa shape index (κ3) is 3.05. The van der Waals surface area contributed by atoms with Gasteiger partial charge in [-0.3, -0.25) is 9.78 Å². The standard InChI is InChI=1S/C13H16N4O/c14-5-2-12-13(18)17(9-1-6-16-12)10-11-3-7-15-8-4-11/h3-4,7-8,12,16H,1-2,6,9-10H2. The lowest BCUT2D eigenvalue weighted by Gasteiger charge is -2.23. The van der Waals surface area contributed by atoms with Crippen LogP contribution in [0.4, 0.5) is 0 Å². The van der Waals surface area contributed by atoms with Crippen molar-refractivity contribution in [3.8, 4) is 6.07 Å². The summed E-state index contributed by atoms with van der Waals surface area (Å²) in [7, 11) is 0. The predicted molar refractivity (Wildman–Crippen MR) is 66.3 cm³/mol. The van der Waals surface area contributed by atoms with Gasteiger partial charge in [-0.1, -0.05) is 0 Å². The molecule has 2 heterocycles. The zero-order valence-electron chi connectivity index (χ0n) is 10.2. The molecular weight excluding hydrogens is 228 g/mol. The van der Waals surface area contributed by atoms with E-state index in [9.17, 15) is 4.79 Å². The number of amides is 1. The first-order chi connectivity index (χ1) is 8.81. The first-order valence-electron chi connectivity index (χ1n) is 6.09. The van der Waals surface area contributed by atoms with E-state index in [4.69, 9.17) is 5.26 Å². The van der Waals surface area contributed by atoms with Crippen LogP contribution in [0.2, 0.25) is 0 Å². The molecule has 1 amide bonds. The number of hydrogen-bond acceptors (Lipinski definition) is 4. The maximum atomic E-state index is 12.2. The molecule has 2 rings (SSSR count). The Hall–Kier alpha value is -1.93. The van der Waals surface area contributed by atoms with Crippen LogP contribution in [0, 0.1) is 11.3 Å². The van der Waals surface area contributed by atoms with Crippen molar-refractivity contribution < 1.29 is 4.79 Å². The van der Waals surface area contributed by atoms with E-state index in [-0.39, 0.29) is 18.4 Å². The number of nitriles is 1. The molecule has 1 N–H and O–H groups in total. The molecule has 0 spiro atoms. The smallest absolute Gasteiger partial charge is 0.241 e. The van der Waals surface area contributed by atoms with Crippen molar-refractivity contribution in [2.45, 2.75) is 25.4 Å². The normalized spacial score (nSPS) is 20.3. The average Bonchev–Trinajstić information content (AvgIpc) is 2.56. The number of nitrogens with zero attached hydrogens (tertiary/aromatic N) is 3. The molecule has 1 aromatic heterocycles. The molecule has 5 nitrogen and oxygen atoms in total. The highest BCUT2D eigenvalue weighted by molar-refractivity contribution is 5.82. The van der Waals surface area contributed by atoms with Crippen LogP contribution in [0.15, 0.2) is 24.5 Å². The van der Waals surface area contributed by atoms with E-state index in [1.807, 2.05) is 17.0 Å². The lowest BCUT2D eigenvalue weighted by molar-refractivity contribution is -0.133. The molecule has 5 heteroatoms. The van der Waals surface area contributed by atoms with E-state index in [2.05, 4.69) is 16.4 Å². The van der Waals surface area contributed by atoms with Crippen LogP contribution < -0.4 is 5.32 Å². The van der Waals surface area contributed by atoms with Crippen LogP contribution in [-0.4, -0.2) is 34.9 Å². The predicted octanol–water partition coefficient (Wildman–Crippen LogP) is 0.686. The Morgan fingerprint density at radius 1 is 1.50 bits per heavy atom. The molecule has 1 aromatic rings. The van der Waals surface area contributed by atoms with Gasteiger partial charge in [0.2, 0.25) is 5.91 Å². The fraction of sp³-hybridized carbons (Fsp3) is 0.462. The van der Waals surface area contributed by atoms with Crippen molar-refractivity contribution in [1.29, 1.82) is 5.26 Å². The molecule has 1 atom stereocenters. The lowest BCUT2D eigenvalue weighted by atomic mass is 10.2. The number of pyridine rings is 1. The van der Waals surface area contributed by atoms with Gasteiger partial charge in [0.15, 0.2) is 0 Å². The Labute approximate surface area is 106 Å². The van der Waals surface area contributed by atoms with Crippen LogP contribution in [0.1, 0.15) is 18.4 Å². The van der Waals surface area contributed by atoms with Crippen molar-refractivity contribution in [3.05, 3.63) is 30.1 Å². The third-order valence-electron chi connectivity index (χ3n) is 3.02. The summed E-state index contributed by atoms with van der Waals surface area (Å²) < 4.78 is 0. The molecule has 18 heavy (non-hydrogen) atoms. The molecule has 94 valence electrons. The van der Waals surface area contributed by atoms with Gasteiger partial charge < -0.3 is 10.2 Å². The fourth-order valence-electron chi connectivity index (χ4n) is 2.08. The van der Waals surface area contributed by atoms with Gasteiger partial charge in [0.25, 0.3) is 0 Å². The zero-order valence-corrected chi connectivity index (χ0v) is 10.2. The summed E-state index contributed by atoms with van der Waals surface area (Å²) >= 11 is 0. The fourth-order valence-corrected chi connectivity index (χ4v) is 2.08. The maximum absolute atomic E-state index is 12.2. The van der Waals surface area contributed by atoms with E-state index in [1.54, 1.807) is 12.4 Å². The molecule has 1 fully saturated rings. The van der Waals surface area contributed by atoms with E-state index in [0.29, 0.717) is 6.54 Å². The SMILES string of the molecule is N#CCC1NCCCN(Cc2ccncc2)C1=O. The van der Waals surface area contributed by atoms with Crippen molar-refractivity contribution in [3.63, 3.8) is 0 Å². The maximum Gasteiger partial charge on any atom is 0.241 e. The highest BCUT2D eigenvalue weighted by Crippen LogP contribution is 2.10. The molecule has 0 aromatic carbocycles. The summed E-state index contributed by atoms with van der Waals surface area (Å²) in [5, 5.41) is 11.9. The van der Waals surface area contributed by atoms with Crippen molar-refractivity contribution in [2.75, 3.05) is 13.1 Å². The molecule has 0 bridgehead atoms. The number of rotatable bonds is 3. The number of aromatic nitrogens is 1. The van der Waals surface area contributed by atoms with Gasteiger partial charge in [-0.25, -0.2) is 0 Å². The monoisotopic (exact) mass is 244 g/mol. The van der Waals surface area contributed by atoms with E-state index in [1.165, 1.54) is 0 Å². The quantitative estimate of drug-likeness (QED) is 0.849. The van der Waals surface area contributed by atoms with E-state index < -0.39 is 0 Å². The highest BCUT2D eigenvalue weighted by atomic mass is 16.2. The topological polar surface area (TPSA) is 69.0 Å². The molecule has 0 radical (unpaired) electrons. The van der Waals surface area contributed by atoms with Crippen LogP contribution in [-0.2, 0) is 11.3 Å². The Bertz CT molecular complexity index is 440. The van der Waals surface area contributed by atoms with Gasteiger partial charge in [0.1, 0.15) is 0 Å². The Kier molecular flexibility index (Phi) is 4.26. The van der Waals surface area contributed by atoms with Crippen molar-refractivity contribution >= 4 is 5.91 Å². The summed E-state index contributed by atoms with van der Waals surface area (Å²) in [6, 6.07) is 5.51. The van der Waals surface area contributed by atoms with Gasteiger partial charge in [0, 0.05) is 25.5 Å². The average molecular weight is 244 g/mol. The first kappa shape index (κ1) is 12.5. The van der Waals surface area contributed by atoms with Crippen molar-refractivity contribution in [2.24, 2.45) is 0 Å². The second kappa shape index (κ2) is 6.12. The molecule has 1 saturated heterocycles. The number of nitrogens with one attached hydrogen (secondary N) is 1. The number of carbonyl (C=O) groups is 1. The molecule has 1 aliphatic rings. The van der Waals surface area contributed by atoms with E-state index >= 15 is 0 Å². The van der Waals surface area contributed by atoms with Crippen LogP contribution >= 0.6 is 0 Å². The number of hydrogen-bond donors (Lipinski definition) is 1. The molecule has 1 unspecified atom stereocenters. The molecule has 1 aliphatic heterocycles. The summed E-state index contributed by atoms with van der Waals surface area (Å²) in [6.45, 7) is 2.10. The molecule has 0 aliphatic carbocycles. The van der Waals surface area contributed by atoms with Crippen LogP contribution in [0.3, 0.4) is 0 Å². The number of carbonyl (C=O) groups excluding carboxylic acids is 1. The largest absolute Gasteiger partial charge is 0.337 e. The Morgan fingerprint density at radius 3 is 3.00 bits per heavy atom. The summed E-state index contributed by atoms with van der Waals surface area (Å²) in [4.78, 5) is 18.0. The minimum Gasteiger partial charge on any atom is -0.337 e. The zero-order chi connectivity index (χ0) is 12.8. The van der Waals surface area contributed by atoms with Gasteiger partial charge in [-0.15, -0.1) is 0 Å². The van der Waals surface area contributed by atoms with Gasteiger partial charge >= 0.3 is 0 Å². The van der Waals surface area contributed by atoms with Crippen LogP contribution in [0.5, 0.6) is 0 Å². The second-order valence-electron chi connectivity index (χ2n) is 4.34. The van der Waals surface area contributed by atoms with Gasteiger partial charge in [0.05, 0.1) is 18.5 Å². The molecular formula is C13H16N4O. The summed E-state index contributed by atoms with van der Waals surface area (Å²) in [5.41, 5.74) is 1.07. The molecule has 0 saturated carbocycles. The van der Waals surface area contributed by atoms with Gasteiger partial charge in [-0.05, 0) is 30.7 Å².